The van der Waals surface area contributed by atoms with Crippen LogP contribution in [0.5, 0.6) is 0 Å². The van der Waals surface area contributed by atoms with E-state index in [0.717, 1.165) is 24.0 Å². The molecular formula is C21H22F2. The van der Waals surface area contributed by atoms with Gasteiger partial charge in [0, 0.05) is 5.57 Å². The first-order valence-electron chi connectivity index (χ1n) is 8.44. The Morgan fingerprint density at radius 2 is 1.39 bits per heavy atom. The van der Waals surface area contributed by atoms with Crippen molar-refractivity contribution in [2.45, 2.75) is 38.5 Å². The molecular weight excluding hydrogens is 290 g/mol. The summed E-state index contributed by atoms with van der Waals surface area (Å²) >= 11 is 0. The highest BCUT2D eigenvalue weighted by Crippen LogP contribution is 2.35. The number of benzene rings is 2. The summed E-state index contributed by atoms with van der Waals surface area (Å²) in [6.07, 6.45) is 4.75. The minimum Gasteiger partial charge on any atom is -0.173 e. The molecule has 2 aromatic carbocycles. The van der Waals surface area contributed by atoms with Crippen molar-refractivity contribution >= 4 is 5.57 Å². The maximum Gasteiger partial charge on any atom is 0.274 e. The van der Waals surface area contributed by atoms with E-state index in [0.29, 0.717) is 17.9 Å². The lowest BCUT2D eigenvalue weighted by molar-refractivity contribution is 0.357. The second-order valence-electron chi connectivity index (χ2n) is 6.39. The van der Waals surface area contributed by atoms with E-state index in [4.69, 9.17) is 0 Å². The molecule has 0 radical (unpaired) electrons. The molecule has 0 N–H and O–H groups in total. The van der Waals surface area contributed by atoms with Crippen LogP contribution in [-0.2, 0) is 0 Å². The molecule has 1 saturated carbocycles. The molecule has 1 fully saturated rings. The molecule has 0 nitrogen and oxygen atoms in total. The summed E-state index contributed by atoms with van der Waals surface area (Å²) in [7, 11) is 0. The number of rotatable bonds is 4. The van der Waals surface area contributed by atoms with E-state index in [1.807, 2.05) is 54.6 Å². The first kappa shape index (κ1) is 15.9. The molecule has 2 heteroatoms. The second-order valence-corrected chi connectivity index (χ2v) is 6.39. The van der Waals surface area contributed by atoms with Crippen molar-refractivity contribution < 1.29 is 8.78 Å². The van der Waals surface area contributed by atoms with Crippen molar-refractivity contribution in [3.05, 3.63) is 66.2 Å². The number of hydrogen-bond acceptors (Lipinski definition) is 0. The summed E-state index contributed by atoms with van der Waals surface area (Å²) in [5.74, 6) is 0.411. The first-order chi connectivity index (χ1) is 11.2. The number of halogens is 2. The molecule has 0 amide bonds. The Kier molecular flexibility index (Phi) is 5.22. The summed E-state index contributed by atoms with van der Waals surface area (Å²) in [6, 6.07) is 17.6. The third kappa shape index (κ3) is 4.07. The van der Waals surface area contributed by atoms with E-state index in [2.05, 4.69) is 0 Å². The van der Waals surface area contributed by atoms with Crippen LogP contribution in [0.3, 0.4) is 0 Å². The van der Waals surface area contributed by atoms with E-state index in [9.17, 15) is 8.78 Å². The van der Waals surface area contributed by atoms with E-state index in [1.165, 1.54) is 19.3 Å². The van der Waals surface area contributed by atoms with Gasteiger partial charge in [-0.05, 0) is 29.0 Å². The molecule has 0 spiro atoms. The number of allylic oxidation sites excluding steroid dienone is 1. The summed E-state index contributed by atoms with van der Waals surface area (Å²) in [4.78, 5) is 0. The first-order valence-corrected chi connectivity index (χ1v) is 8.44. The van der Waals surface area contributed by atoms with Crippen LogP contribution in [0.1, 0.15) is 44.1 Å². The Labute approximate surface area is 136 Å². The monoisotopic (exact) mass is 312 g/mol. The van der Waals surface area contributed by atoms with Gasteiger partial charge in [0.2, 0.25) is 0 Å². The van der Waals surface area contributed by atoms with Gasteiger partial charge in [-0.15, -0.1) is 0 Å². The van der Waals surface area contributed by atoms with Gasteiger partial charge in [0.1, 0.15) is 0 Å². The Morgan fingerprint density at radius 1 is 0.783 bits per heavy atom. The maximum atomic E-state index is 13.4. The van der Waals surface area contributed by atoms with Crippen LogP contribution < -0.4 is 0 Å². The predicted molar refractivity (Wildman–Crippen MR) is 92.2 cm³/mol. The van der Waals surface area contributed by atoms with E-state index < -0.39 is 6.08 Å². The van der Waals surface area contributed by atoms with Crippen LogP contribution in [0.15, 0.2) is 60.7 Å². The van der Waals surface area contributed by atoms with Crippen LogP contribution in [0.4, 0.5) is 8.78 Å². The van der Waals surface area contributed by atoms with Gasteiger partial charge in [-0.2, -0.15) is 8.78 Å². The summed E-state index contributed by atoms with van der Waals surface area (Å²) in [5.41, 5.74) is 3.06. The Morgan fingerprint density at radius 3 is 2.00 bits per heavy atom. The molecule has 120 valence electrons. The molecule has 1 aliphatic rings. The van der Waals surface area contributed by atoms with Crippen molar-refractivity contribution in [1.29, 1.82) is 0 Å². The van der Waals surface area contributed by atoms with Gasteiger partial charge in [-0.25, -0.2) is 0 Å². The topological polar surface area (TPSA) is 0 Å². The molecule has 0 saturated heterocycles. The summed E-state index contributed by atoms with van der Waals surface area (Å²) in [5, 5.41) is 0. The Bertz CT molecular complexity index is 646. The number of hydrogen-bond donors (Lipinski definition) is 0. The maximum absolute atomic E-state index is 13.4. The van der Waals surface area contributed by atoms with Gasteiger partial charge in [0.25, 0.3) is 6.08 Å². The molecule has 0 unspecified atom stereocenters. The zero-order chi connectivity index (χ0) is 16.1. The highest BCUT2D eigenvalue weighted by atomic mass is 19.3. The van der Waals surface area contributed by atoms with Crippen molar-refractivity contribution in [3.63, 3.8) is 0 Å². The molecule has 3 rings (SSSR count). The third-order valence-corrected chi connectivity index (χ3v) is 4.79. The van der Waals surface area contributed by atoms with Gasteiger partial charge >= 0.3 is 0 Å². The molecule has 0 atom stereocenters. The smallest absolute Gasteiger partial charge is 0.173 e. The van der Waals surface area contributed by atoms with Crippen LogP contribution >= 0.6 is 0 Å². The lowest BCUT2D eigenvalue weighted by Crippen LogP contribution is -2.07. The zero-order valence-electron chi connectivity index (χ0n) is 13.3. The van der Waals surface area contributed by atoms with Gasteiger partial charge in [0.15, 0.2) is 0 Å². The van der Waals surface area contributed by atoms with E-state index >= 15 is 0 Å². The Balaban J connectivity index is 1.79. The minimum absolute atomic E-state index is 0.233. The molecule has 0 aromatic heterocycles. The molecule has 0 heterocycles. The fourth-order valence-corrected chi connectivity index (χ4v) is 3.48. The third-order valence-electron chi connectivity index (χ3n) is 4.79. The van der Waals surface area contributed by atoms with Gasteiger partial charge in [-0.1, -0.05) is 86.7 Å². The average Bonchev–Trinajstić information content (AvgIpc) is 2.61. The van der Waals surface area contributed by atoms with Crippen LogP contribution in [0.25, 0.3) is 16.7 Å². The van der Waals surface area contributed by atoms with Crippen LogP contribution in [-0.4, -0.2) is 0 Å². The van der Waals surface area contributed by atoms with Gasteiger partial charge < -0.3 is 0 Å². The SMILES string of the molecule is FC(F)=C(CC1CCCCC1)c1ccc(-c2ccccc2)cc1. The standard InChI is InChI=1S/C21H22F2/c22-21(23)20(15-16-7-3-1-4-8-16)19-13-11-18(12-14-19)17-9-5-2-6-10-17/h2,5-6,9-14,16H,1,3-4,7-8,15H2. The van der Waals surface area contributed by atoms with Crippen LogP contribution in [0, 0.1) is 5.92 Å². The molecule has 2 aromatic rings. The lowest BCUT2D eigenvalue weighted by Gasteiger charge is -2.22. The van der Waals surface area contributed by atoms with E-state index in [1.54, 1.807) is 0 Å². The predicted octanol–water partition coefficient (Wildman–Crippen LogP) is 6.93. The second kappa shape index (κ2) is 7.54. The fourth-order valence-electron chi connectivity index (χ4n) is 3.48. The summed E-state index contributed by atoms with van der Waals surface area (Å²) in [6.45, 7) is 0. The average molecular weight is 312 g/mol. The quantitative estimate of drug-likeness (QED) is 0.574. The minimum atomic E-state index is -1.52. The summed E-state index contributed by atoms with van der Waals surface area (Å²) < 4.78 is 26.9. The normalized spacial score (nSPS) is 15.4. The van der Waals surface area contributed by atoms with Gasteiger partial charge in [0.05, 0.1) is 0 Å². The molecule has 0 aliphatic heterocycles. The van der Waals surface area contributed by atoms with E-state index in [-0.39, 0.29) is 5.57 Å². The lowest BCUT2D eigenvalue weighted by atomic mass is 9.83. The van der Waals surface area contributed by atoms with Gasteiger partial charge in [-0.3, -0.25) is 0 Å². The molecule has 23 heavy (non-hydrogen) atoms. The highest BCUT2D eigenvalue weighted by Gasteiger charge is 2.19. The molecule has 1 aliphatic carbocycles. The van der Waals surface area contributed by atoms with Crippen molar-refractivity contribution in [1.82, 2.24) is 0 Å². The highest BCUT2D eigenvalue weighted by molar-refractivity contribution is 5.71. The van der Waals surface area contributed by atoms with Crippen molar-refractivity contribution in [3.8, 4) is 11.1 Å². The van der Waals surface area contributed by atoms with Crippen molar-refractivity contribution in [2.75, 3.05) is 0 Å². The Hall–Kier alpha value is -1.96. The largest absolute Gasteiger partial charge is 0.274 e. The van der Waals surface area contributed by atoms with Crippen molar-refractivity contribution in [2.24, 2.45) is 5.92 Å². The van der Waals surface area contributed by atoms with Crippen LogP contribution in [0.2, 0.25) is 0 Å². The zero-order valence-corrected chi connectivity index (χ0v) is 13.3. The molecule has 0 bridgehead atoms. The fraction of sp³-hybridized carbons (Fsp3) is 0.333.